The summed E-state index contributed by atoms with van der Waals surface area (Å²) in [5.41, 5.74) is 11.1. The number of carbonyl (C=O) groups excluding carboxylic acids is 1. The molecule has 1 aliphatic heterocycles. The summed E-state index contributed by atoms with van der Waals surface area (Å²) in [6, 6.07) is 10.2. The van der Waals surface area contributed by atoms with Crippen LogP contribution < -0.4 is 5.73 Å². The van der Waals surface area contributed by atoms with Crippen LogP contribution in [0.1, 0.15) is 12.5 Å². The topological polar surface area (TPSA) is 89.9 Å². The predicted octanol–water partition coefficient (Wildman–Crippen LogP) is 3.75. The van der Waals surface area contributed by atoms with E-state index in [-0.39, 0.29) is 11.9 Å². The van der Waals surface area contributed by atoms with E-state index in [0.717, 1.165) is 39.5 Å². The normalized spacial score (nSPS) is 16.8. The molecule has 0 radical (unpaired) electrons. The van der Waals surface area contributed by atoms with E-state index in [4.69, 9.17) is 17.3 Å². The van der Waals surface area contributed by atoms with Gasteiger partial charge in [-0.2, -0.15) is 0 Å². The lowest BCUT2D eigenvalue weighted by Crippen LogP contribution is -2.27. The van der Waals surface area contributed by atoms with Crippen molar-refractivity contribution in [1.29, 1.82) is 0 Å². The summed E-state index contributed by atoms with van der Waals surface area (Å²) >= 11 is 5.57. The quantitative estimate of drug-likeness (QED) is 0.511. The van der Waals surface area contributed by atoms with Crippen LogP contribution in [0.25, 0.3) is 33.1 Å². The number of hydrogen-bond donors (Lipinski definition) is 1. The number of aromatic nitrogens is 4. The second-order valence-electron chi connectivity index (χ2n) is 7.34. The number of carbonyl (C=O) groups is 1. The molecule has 7 nitrogen and oxygen atoms in total. The number of nitrogens with zero attached hydrogens (tertiary/aromatic N) is 5. The number of rotatable bonds is 3. The molecule has 0 spiro atoms. The lowest BCUT2D eigenvalue weighted by atomic mass is 10.1. The number of amides is 1. The van der Waals surface area contributed by atoms with Crippen molar-refractivity contribution in [1.82, 2.24) is 24.4 Å². The molecule has 0 saturated carbocycles. The Morgan fingerprint density at radius 2 is 2.10 bits per heavy atom. The maximum absolute atomic E-state index is 12.2. The molecule has 1 fully saturated rings. The third-order valence-electron chi connectivity index (χ3n) is 5.61. The number of nitrogen functional groups attached to an aromatic ring is 1. The summed E-state index contributed by atoms with van der Waals surface area (Å²) in [6.07, 6.45) is 7.58. The molecule has 5 rings (SSSR count). The summed E-state index contributed by atoms with van der Waals surface area (Å²) in [7, 11) is 0. The van der Waals surface area contributed by atoms with Gasteiger partial charge in [0, 0.05) is 53.6 Å². The summed E-state index contributed by atoms with van der Waals surface area (Å²) in [5.74, 6) is 0.343. The molecular weight excluding hydrogens is 400 g/mol. The first kappa shape index (κ1) is 18.6. The van der Waals surface area contributed by atoms with Gasteiger partial charge in [0.1, 0.15) is 17.8 Å². The molecule has 4 aromatic rings. The second kappa shape index (κ2) is 7.42. The van der Waals surface area contributed by atoms with Gasteiger partial charge < -0.3 is 15.2 Å². The highest BCUT2D eigenvalue weighted by atomic mass is 35.5. The molecule has 1 atom stereocenters. The standard InChI is InChI=1S/C22H19ClN6O/c23-7-5-19(30)28-8-6-16(11-28)29-12-17(20-21(24)26-13-27-22(20)29)15-9-14-3-1-2-4-18(14)25-10-15/h1-5,7,9-10,12-13,16H,6,8,11H2,(H2,24,26,27)/b7-5+/t16-/m1/s1. The van der Waals surface area contributed by atoms with Crippen LogP contribution in [0.5, 0.6) is 0 Å². The fourth-order valence-electron chi connectivity index (χ4n) is 4.15. The summed E-state index contributed by atoms with van der Waals surface area (Å²) < 4.78 is 2.11. The van der Waals surface area contributed by atoms with Crippen molar-refractivity contribution in [2.75, 3.05) is 18.8 Å². The second-order valence-corrected chi connectivity index (χ2v) is 7.60. The SMILES string of the molecule is Nc1ncnc2c1c(-c1cnc3ccccc3c1)cn2[C@@H]1CCN(C(=O)/C=C/Cl)C1. The Hall–Kier alpha value is -3.45. The smallest absolute Gasteiger partial charge is 0.247 e. The van der Waals surface area contributed by atoms with Gasteiger partial charge in [0.25, 0.3) is 0 Å². The van der Waals surface area contributed by atoms with Crippen molar-refractivity contribution >= 4 is 45.3 Å². The van der Waals surface area contributed by atoms with Crippen molar-refractivity contribution in [2.24, 2.45) is 0 Å². The Balaban J connectivity index is 1.61. The molecule has 8 heteroatoms. The third kappa shape index (κ3) is 3.07. The first-order chi connectivity index (χ1) is 14.7. The summed E-state index contributed by atoms with van der Waals surface area (Å²) in [5, 5.41) is 1.86. The minimum Gasteiger partial charge on any atom is -0.383 e. The third-order valence-corrected chi connectivity index (χ3v) is 5.74. The first-order valence-corrected chi connectivity index (χ1v) is 10.1. The van der Waals surface area contributed by atoms with E-state index in [1.54, 1.807) is 4.90 Å². The van der Waals surface area contributed by atoms with E-state index in [0.29, 0.717) is 18.9 Å². The van der Waals surface area contributed by atoms with Gasteiger partial charge in [-0.3, -0.25) is 9.78 Å². The zero-order valence-electron chi connectivity index (χ0n) is 16.1. The number of fused-ring (bicyclic) bond motifs is 2. The molecule has 0 unspecified atom stereocenters. The van der Waals surface area contributed by atoms with Crippen molar-refractivity contribution in [3.05, 3.63) is 60.7 Å². The fourth-order valence-corrected chi connectivity index (χ4v) is 4.26. The number of nitrogens with two attached hydrogens (primary N) is 1. The van der Waals surface area contributed by atoms with Crippen LogP contribution in [0.2, 0.25) is 0 Å². The number of likely N-dealkylation sites (tertiary alicyclic amines) is 1. The van der Waals surface area contributed by atoms with Gasteiger partial charge in [-0.15, -0.1) is 0 Å². The Morgan fingerprint density at radius 1 is 1.23 bits per heavy atom. The van der Waals surface area contributed by atoms with Crippen LogP contribution in [-0.2, 0) is 4.79 Å². The van der Waals surface area contributed by atoms with Crippen LogP contribution in [0.15, 0.2) is 60.7 Å². The number of pyridine rings is 1. The van der Waals surface area contributed by atoms with E-state index in [1.165, 1.54) is 17.9 Å². The maximum atomic E-state index is 12.2. The zero-order valence-corrected chi connectivity index (χ0v) is 16.8. The Bertz CT molecular complexity index is 1300. The zero-order chi connectivity index (χ0) is 20.7. The van der Waals surface area contributed by atoms with Gasteiger partial charge in [-0.25, -0.2) is 9.97 Å². The number of halogens is 1. The highest BCUT2D eigenvalue weighted by Crippen LogP contribution is 2.36. The largest absolute Gasteiger partial charge is 0.383 e. The average Bonchev–Trinajstić information content (AvgIpc) is 3.39. The van der Waals surface area contributed by atoms with Crippen LogP contribution in [-0.4, -0.2) is 43.4 Å². The van der Waals surface area contributed by atoms with Crippen LogP contribution in [0.4, 0.5) is 5.82 Å². The number of para-hydroxylation sites is 1. The molecule has 30 heavy (non-hydrogen) atoms. The van der Waals surface area contributed by atoms with Crippen molar-refractivity contribution in [3.63, 3.8) is 0 Å². The Morgan fingerprint density at radius 3 is 2.97 bits per heavy atom. The van der Waals surface area contributed by atoms with Gasteiger partial charge in [0.2, 0.25) is 5.91 Å². The maximum Gasteiger partial charge on any atom is 0.247 e. The molecular formula is C22H19ClN6O. The minimum absolute atomic E-state index is 0.0861. The Labute approximate surface area is 177 Å². The molecule has 1 saturated heterocycles. The van der Waals surface area contributed by atoms with Gasteiger partial charge in [-0.05, 0) is 18.6 Å². The minimum atomic E-state index is -0.0861. The van der Waals surface area contributed by atoms with Crippen LogP contribution in [0, 0.1) is 0 Å². The Kier molecular flexibility index (Phi) is 4.59. The molecule has 150 valence electrons. The van der Waals surface area contributed by atoms with E-state index < -0.39 is 0 Å². The summed E-state index contributed by atoms with van der Waals surface area (Å²) in [6.45, 7) is 1.25. The average molecular weight is 419 g/mol. The molecule has 0 bridgehead atoms. The highest BCUT2D eigenvalue weighted by molar-refractivity contribution is 6.26. The van der Waals surface area contributed by atoms with Crippen molar-refractivity contribution < 1.29 is 4.79 Å². The van der Waals surface area contributed by atoms with Gasteiger partial charge in [0.15, 0.2) is 0 Å². The number of hydrogen-bond acceptors (Lipinski definition) is 5. The molecule has 1 amide bonds. The monoisotopic (exact) mass is 418 g/mol. The lowest BCUT2D eigenvalue weighted by Gasteiger charge is -2.16. The van der Waals surface area contributed by atoms with E-state index in [9.17, 15) is 4.79 Å². The highest BCUT2D eigenvalue weighted by Gasteiger charge is 2.29. The van der Waals surface area contributed by atoms with Gasteiger partial charge in [0.05, 0.1) is 16.9 Å². The first-order valence-electron chi connectivity index (χ1n) is 9.67. The molecule has 2 N–H and O–H groups in total. The van der Waals surface area contributed by atoms with Gasteiger partial charge in [-0.1, -0.05) is 29.8 Å². The van der Waals surface area contributed by atoms with Crippen LogP contribution >= 0.6 is 11.6 Å². The number of benzene rings is 1. The number of anilines is 1. The van der Waals surface area contributed by atoms with E-state index in [1.807, 2.05) is 30.5 Å². The molecule has 0 aliphatic carbocycles. The van der Waals surface area contributed by atoms with Crippen molar-refractivity contribution in [2.45, 2.75) is 12.5 Å². The van der Waals surface area contributed by atoms with E-state index in [2.05, 4.69) is 31.8 Å². The molecule has 4 heterocycles. The molecule has 1 aliphatic rings. The predicted molar refractivity (Wildman–Crippen MR) is 118 cm³/mol. The van der Waals surface area contributed by atoms with Crippen LogP contribution in [0.3, 0.4) is 0 Å². The lowest BCUT2D eigenvalue weighted by molar-refractivity contribution is -0.125. The van der Waals surface area contributed by atoms with Crippen molar-refractivity contribution in [3.8, 4) is 11.1 Å². The molecule has 3 aromatic heterocycles. The van der Waals surface area contributed by atoms with E-state index >= 15 is 0 Å². The van der Waals surface area contributed by atoms with Gasteiger partial charge >= 0.3 is 0 Å². The molecule has 1 aromatic carbocycles. The fraction of sp³-hybridized carbons (Fsp3) is 0.182. The summed E-state index contributed by atoms with van der Waals surface area (Å²) in [4.78, 5) is 27.3.